The Morgan fingerprint density at radius 2 is 2.00 bits per heavy atom. The van der Waals surface area contributed by atoms with Gasteiger partial charge in [-0.3, -0.25) is 4.79 Å². The SMILES string of the molecule is COc1cc(CC(=O)CS)cc(C(F)(F)F)c1. The molecule has 0 fully saturated rings. The molecule has 1 rings (SSSR count). The summed E-state index contributed by atoms with van der Waals surface area (Å²) in [5.74, 6) is -0.157. The molecule has 0 aliphatic rings. The monoisotopic (exact) mass is 264 g/mol. The maximum absolute atomic E-state index is 12.5. The lowest BCUT2D eigenvalue weighted by molar-refractivity contribution is -0.137. The molecule has 0 radical (unpaired) electrons. The normalized spacial score (nSPS) is 11.4. The molecule has 17 heavy (non-hydrogen) atoms. The molecular formula is C11H11F3O2S. The molecule has 0 aliphatic heterocycles. The first-order valence-corrected chi connectivity index (χ1v) is 5.37. The van der Waals surface area contributed by atoms with Gasteiger partial charge in [0, 0.05) is 12.2 Å². The average Bonchev–Trinajstić information content (AvgIpc) is 2.27. The topological polar surface area (TPSA) is 26.3 Å². The van der Waals surface area contributed by atoms with Crippen molar-refractivity contribution in [3.05, 3.63) is 29.3 Å². The minimum Gasteiger partial charge on any atom is -0.497 e. The van der Waals surface area contributed by atoms with Crippen LogP contribution >= 0.6 is 12.6 Å². The third-order valence-electron chi connectivity index (χ3n) is 2.11. The number of benzene rings is 1. The zero-order valence-electron chi connectivity index (χ0n) is 9.04. The third-order valence-corrected chi connectivity index (χ3v) is 2.46. The number of thiol groups is 1. The van der Waals surface area contributed by atoms with Crippen LogP contribution in [0.1, 0.15) is 11.1 Å². The lowest BCUT2D eigenvalue weighted by Crippen LogP contribution is -2.09. The number of carbonyl (C=O) groups is 1. The van der Waals surface area contributed by atoms with Crippen LogP contribution in [0.4, 0.5) is 13.2 Å². The zero-order chi connectivity index (χ0) is 13.1. The fourth-order valence-electron chi connectivity index (χ4n) is 1.33. The quantitative estimate of drug-likeness (QED) is 0.846. The smallest absolute Gasteiger partial charge is 0.416 e. The van der Waals surface area contributed by atoms with Crippen molar-refractivity contribution in [3.63, 3.8) is 0 Å². The van der Waals surface area contributed by atoms with E-state index in [1.807, 2.05) is 0 Å². The Labute approximate surface area is 102 Å². The predicted molar refractivity (Wildman–Crippen MR) is 60.6 cm³/mol. The maximum atomic E-state index is 12.5. The fourth-order valence-corrected chi connectivity index (χ4v) is 1.44. The molecule has 6 heteroatoms. The second kappa shape index (κ2) is 5.44. The standard InChI is InChI=1S/C11H11F3O2S/c1-16-10-4-7(3-9(15)6-17)2-8(5-10)11(12,13)14/h2,4-5,17H,3,6H2,1H3. The van der Waals surface area contributed by atoms with Crippen molar-refractivity contribution in [1.82, 2.24) is 0 Å². The van der Waals surface area contributed by atoms with Gasteiger partial charge in [0.25, 0.3) is 0 Å². The molecule has 1 aromatic rings. The lowest BCUT2D eigenvalue weighted by Gasteiger charge is -2.11. The Bertz CT molecular complexity index is 416. The molecule has 0 aliphatic carbocycles. The molecule has 2 nitrogen and oxygen atoms in total. The van der Waals surface area contributed by atoms with Crippen LogP contribution in [0.25, 0.3) is 0 Å². The van der Waals surface area contributed by atoms with Crippen molar-refractivity contribution < 1.29 is 22.7 Å². The van der Waals surface area contributed by atoms with Crippen LogP contribution in [0.15, 0.2) is 18.2 Å². The number of halogens is 3. The van der Waals surface area contributed by atoms with E-state index in [9.17, 15) is 18.0 Å². The first kappa shape index (κ1) is 13.9. The number of ether oxygens (including phenoxy) is 1. The van der Waals surface area contributed by atoms with E-state index in [4.69, 9.17) is 4.74 Å². The van der Waals surface area contributed by atoms with Crippen LogP contribution in [0, 0.1) is 0 Å². The van der Waals surface area contributed by atoms with E-state index in [2.05, 4.69) is 12.6 Å². The van der Waals surface area contributed by atoms with E-state index in [0.717, 1.165) is 12.1 Å². The van der Waals surface area contributed by atoms with Crippen LogP contribution in [0.2, 0.25) is 0 Å². The second-order valence-corrected chi connectivity index (χ2v) is 3.76. The lowest BCUT2D eigenvalue weighted by atomic mass is 10.1. The van der Waals surface area contributed by atoms with Gasteiger partial charge in [-0.2, -0.15) is 25.8 Å². The summed E-state index contributed by atoms with van der Waals surface area (Å²) >= 11 is 3.77. The Hall–Kier alpha value is -1.17. The maximum Gasteiger partial charge on any atom is 0.416 e. The number of alkyl halides is 3. The van der Waals surface area contributed by atoms with E-state index >= 15 is 0 Å². The summed E-state index contributed by atoms with van der Waals surface area (Å²) in [4.78, 5) is 11.1. The number of ketones is 1. The van der Waals surface area contributed by atoms with Crippen molar-refractivity contribution in [2.45, 2.75) is 12.6 Å². The van der Waals surface area contributed by atoms with Gasteiger partial charge in [-0.05, 0) is 23.8 Å². The number of rotatable bonds is 4. The highest BCUT2D eigenvalue weighted by molar-refractivity contribution is 7.81. The zero-order valence-corrected chi connectivity index (χ0v) is 9.94. The van der Waals surface area contributed by atoms with E-state index < -0.39 is 11.7 Å². The Kier molecular flexibility index (Phi) is 4.45. The average molecular weight is 264 g/mol. The van der Waals surface area contributed by atoms with Crippen LogP contribution < -0.4 is 4.74 Å². The van der Waals surface area contributed by atoms with Crippen LogP contribution in [0.5, 0.6) is 5.75 Å². The summed E-state index contributed by atoms with van der Waals surface area (Å²) in [7, 11) is 1.28. The molecule has 0 amide bonds. The molecule has 0 bridgehead atoms. The molecule has 0 spiro atoms. The van der Waals surface area contributed by atoms with Crippen LogP contribution in [-0.2, 0) is 17.4 Å². The van der Waals surface area contributed by atoms with Gasteiger partial charge in [-0.1, -0.05) is 0 Å². The molecule has 0 aromatic heterocycles. The van der Waals surface area contributed by atoms with Gasteiger partial charge in [0.15, 0.2) is 0 Å². The van der Waals surface area contributed by atoms with Gasteiger partial charge in [0.1, 0.15) is 11.5 Å². The first-order chi connectivity index (χ1) is 7.86. The molecule has 0 N–H and O–H groups in total. The summed E-state index contributed by atoms with van der Waals surface area (Å²) < 4.78 is 42.4. The van der Waals surface area contributed by atoms with E-state index in [0.29, 0.717) is 0 Å². The molecule has 0 saturated carbocycles. The van der Waals surface area contributed by atoms with Gasteiger partial charge in [-0.15, -0.1) is 0 Å². The first-order valence-electron chi connectivity index (χ1n) is 4.74. The molecular weight excluding hydrogens is 253 g/mol. The number of Topliss-reactive ketones (excluding diaryl/α,β-unsaturated/α-hetero) is 1. The van der Waals surface area contributed by atoms with Crippen molar-refractivity contribution in [1.29, 1.82) is 0 Å². The summed E-state index contributed by atoms with van der Waals surface area (Å²) in [6.45, 7) is 0. The summed E-state index contributed by atoms with van der Waals surface area (Å²) in [6, 6.07) is 3.26. The van der Waals surface area contributed by atoms with Gasteiger partial charge in [-0.25, -0.2) is 0 Å². The van der Waals surface area contributed by atoms with E-state index in [1.165, 1.54) is 13.2 Å². The van der Waals surface area contributed by atoms with Crippen molar-refractivity contribution in [3.8, 4) is 5.75 Å². The Morgan fingerprint density at radius 3 is 2.47 bits per heavy atom. The van der Waals surface area contributed by atoms with Crippen LogP contribution in [0.3, 0.4) is 0 Å². The number of carbonyl (C=O) groups excluding carboxylic acids is 1. The van der Waals surface area contributed by atoms with Crippen LogP contribution in [-0.4, -0.2) is 18.6 Å². The molecule has 94 valence electrons. The Balaban J connectivity index is 3.10. The largest absolute Gasteiger partial charge is 0.497 e. The minimum absolute atomic E-state index is 0.00143. The highest BCUT2D eigenvalue weighted by Gasteiger charge is 2.31. The molecule has 0 atom stereocenters. The minimum atomic E-state index is -4.45. The Morgan fingerprint density at radius 1 is 1.35 bits per heavy atom. The second-order valence-electron chi connectivity index (χ2n) is 3.44. The highest BCUT2D eigenvalue weighted by atomic mass is 32.1. The summed E-state index contributed by atoms with van der Waals surface area (Å²) in [6.07, 6.45) is -4.53. The molecule has 0 saturated heterocycles. The van der Waals surface area contributed by atoms with Crippen molar-refractivity contribution in [2.24, 2.45) is 0 Å². The molecule has 1 aromatic carbocycles. The van der Waals surface area contributed by atoms with Crippen molar-refractivity contribution >= 4 is 18.4 Å². The number of methoxy groups -OCH3 is 1. The highest BCUT2D eigenvalue weighted by Crippen LogP contribution is 2.32. The summed E-state index contributed by atoms with van der Waals surface area (Å²) in [5, 5.41) is 0. The molecule has 0 heterocycles. The number of hydrogen-bond donors (Lipinski definition) is 1. The van der Waals surface area contributed by atoms with Gasteiger partial charge >= 0.3 is 6.18 Å². The van der Waals surface area contributed by atoms with Gasteiger partial charge in [0.05, 0.1) is 12.7 Å². The van der Waals surface area contributed by atoms with E-state index in [1.54, 1.807) is 0 Å². The van der Waals surface area contributed by atoms with Crippen molar-refractivity contribution in [2.75, 3.05) is 12.9 Å². The predicted octanol–water partition coefficient (Wildman–Crippen LogP) is 2.76. The van der Waals surface area contributed by atoms with E-state index in [-0.39, 0.29) is 29.3 Å². The third kappa shape index (κ3) is 3.96. The fraction of sp³-hybridized carbons (Fsp3) is 0.364. The summed E-state index contributed by atoms with van der Waals surface area (Å²) in [5.41, 5.74) is -0.547. The van der Waals surface area contributed by atoms with Gasteiger partial charge in [0.2, 0.25) is 0 Å². The number of hydrogen-bond acceptors (Lipinski definition) is 3. The van der Waals surface area contributed by atoms with Gasteiger partial charge < -0.3 is 4.74 Å². The molecule has 0 unspecified atom stereocenters.